The van der Waals surface area contributed by atoms with Crippen LogP contribution in [0, 0.1) is 0 Å². The quantitative estimate of drug-likeness (QED) is 0.907. The molecule has 0 saturated heterocycles. The number of rotatable bonds is 4. The van der Waals surface area contributed by atoms with Crippen molar-refractivity contribution >= 4 is 11.6 Å². The van der Waals surface area contributed by atoms with Crippen molar-refractivity contribution in [3.63, 3.8) is 0 Å². The molecule has 1 aromatic carbocycles. The van der Waals surface area contributed by atoms with Crippen molar-refractivity contribution in [1.29, 1.82) is 0 Å². The number of benzene rings is 1. The maximum absolute atomic E-state index is 6.05. The Hall–Kier alpha value is -1.39. The molecule has 0 bridgehead atoms. The van der Waals surface area contributed by atoms with Crippen LogP contribution in [0.3, 0.4) is 0 Å². The molecule has 0 saturated carbocycles. The fourth-order valence-electron chi connectivity index (χ4n) is 1.53. The third-order valence-corrected chi connectivity index (χ3v) is 2.71. The van der Waals surface area contributed by atoms with Crippen LogP contribution in [0.5, 0.6) is 0 Å². The van der Waals surface area contributed by atoms with Gasteiger partial charge in [-0.15, -0.1) is 0 Å². The van der Waals surface area contributed by atoms with Gasteiger partial charge in [-0.05, 0) is 24.1 Å². The number of aromatic nitrogens is 2. The van der Waals surface area contributed by atoms with Crippen LogP contribution in [0.4, 0.5) is 0 Å². The van der Waals surface area contributed by atoms with Crippen LogP contribution in [-0.2, 0) is 6.42 Å². The highest BCUT2D eigenvalue weighted by Gasteiger charge is 2.15. The number of halogens is 1. The molecule has 1 atom stereocenters. The van der Waals surface area contributed by atoms with Gasteiger partial charge in [0.1, 0.15) is 0 Å². The van der Waals surface area contributed by atoms with Gasteiger partial charge in [0, 0.05) is 11.4 Å². The van der Waals surface area contributed by atoms with Crippen LogP contribution in [-0.4, -0.2) is 10.1 Å². The Balaban J connectivity index is 2.18. The molecule has 5 heteroatoms. The smallest absolute Gasteiger partial charge is 0.226 e. The third kappa shape index (κ3) is 2.84. The van der Waals surface area contributed by atoms with Crippen molar-refractivity contribution in [2.75, 3.05) is 0 Å². The lowest BCUT2D eigenvalue weighted by atomic mass is 10.1. The largest absolute Gasteiger partial charge is 0.339 e. The lowest BCUT2D eigenvalue weighted by Gasteiger charge is -2.06. The van der Waals surface area contributed by atoms with Crippen molar-refractivity contribution < 1.29 is 4.52 Å². The lowest BCUT2D eigenvalue weighted by Crippen LogP contribution is -2.13. The maximum atomic E-state index is 6.05. The summed E-state index contributed by atoms with van der Waals surface area (Å²) in [4.78, 5) is 4.26. The summed E-state index contributed by atoms with van der Waals surface area (Å²) in [6.45, 7) is 2.06. The molecule has 0 aliphatic heterocycles. The molecule has 0 fully saturated rings. The zero-order valence-electron chi connectivity index (χ0n) is 9.56. The summed E-state index contributed by atoms with van der Waals surface area (Å²) in [7, 11) is 0. The van der Waals surface area contributed by atoms with E-state index >= 15 is 0 Å². The second-order valence-corrected chi connectivity index (χ2v) is 4.26. The van der Waals surface area contributed by atoms with E-state index in [1.807, 2.05) is 12.1 Å². The van der Waals surface area contributed by atoms with E-state index in [0.717, 1.165) is 18.4 Å². The molecule has 0 aliphatic rings. The Morgan fingerprint density at radius 1 is 1.35 bits per heavy atom. The normalized spacial score (nSPS) is 12.6. The molecule has 0 radical (unpaired) electrons. The van der Waals surface area contributed by atoms with Crippen molar-refractivity contribution in [3.8, 4) is 0 Å². The third-order valence-electron chi connectivity index (χ3n) is 2.45. The molecule has 1 unspecified atom stereocenters. The Morgan fingerprint density at radius 3 is 2.71 bits per heavy atom. The molecule has 2 N–H and O–H groups in total. The van der Waals surface area contributed by atoms with E-state index in [1.165, 1.54) is 0 Å². The first-order valence-electron chi connectivity index (χ1n) is 5.54. The number of nitrogens with zero attached hydrogens (tertiary/aromatic N) is 2. The minimum Gasteiger partial charge on any atom is -0.339 e. The molecule has 2 aromatic rings. The van der Waals surface area contributed by atoms with Crippen molar-refractivity contribution in [2.24, 2.45) is 5.73 Å². The van der Waals surface area contributed by atoms with Crippen molar-refractivity contribution in [2.45, 2.75) is 25.8 Å². The summed E-state index contributed by atoms with van der Waals surface area (Å²) < 4.78 is 5.10. The maximum Gasteiger partial charge on any atom is 0.226 e. The van der Waals surface area contributed by atoms with Gasteiger partial charge in [0.2, 0.25) is 5.89 Å². The van der Waals surface area contributed by atoms with Gasteiger partial charge in [0.15, 0.2) is 5.82 Å². The molecular formula is C12H14ClN3O. The summed E-state index contributed by atoms with van der Waals surface area (Å²) >= 11 is 5.82. The van der Waals surface area contributed by atoms with Gasteiger partial charge in [0.25, 0.3) is 0 Å². The van der Waals surface area contributed by atoms with Gasteiger partial charge in [-0.3, -0.25) is 0 Å². The molecule has 4 nitrogen and oxygen atoms in total. The summed E-state index contributed by atoms with van der Waals surface area (Å²) in [5, 5.41) is 4.57. The Kier molecular flexibility index (Phi) is 3.76. The van der Waals surface area contributed by atoms with E-state index in [0.29, 0.717) is 16.7 Å². The predicted octanol–water partition coefficient (Wildman–Crippen LogP) is 2.72. The fraction of sp³-hybridized carbons (Fsp3) is 0.333. The van der Waals surface area contributed by atoms with Crippen LogP contribution >= 0.6 is 11.6 Å². The average Bonchev–Trinajstić information content (AvgIpc) is 2.78. The van der Waals surface area contributed by atoms with E-state index in [1.54, 1.807) is 12.1 Å². The number of nitrogens with two attached hydrogens (primary N) is 1. The molecule has 17 heavy (non-hydrogen) atoms. The van der Waals surface area contributed by atoms with Gasteiger partial charge >= 0.3 is 0 Å². The van der Waals surface area contributed by atoms with E-state index in [4.69, 9.17) is 21.9 Å². The molecule has 1 aromatic heterocycles. The van der Waals surface area contributed by atoms with Crippen LogP contribution in [0.25, 0.3) is 0 Å². The summed E-state index contributed by atoms with van der Waals surface area (Å²) in [5.74, 6) is 1.14. The van der Waals surface area contributed by atoms with Crippen molar-refractivity contribution in [3.05, 3.63) is 46.6 Å². The van der Waals surface area contributed by atoms with Gasteiger partial charge in [-0.2, -0.15) is 4.98 Å². The Bertz CT molecular complexity index is 481. The zero-order valence-corrected chi connectivity index (χ0v) is 10.3. The van der Waals surface area contributed by atoms with Gasteiger partial charge in [-0.1, -0.05) is 35.8 Å². The number of aryl methyl sites for hydroxylation is 1. The monoisotopic (exact) mass is 251 g/mol. The van der Waals surface area contributed by atoms with Gasteiger partial charge in [-0.25, -0.2) is 0 Å². The second-order valence-electron chi connectivity index (χ2n) is 3.83. The summed E-state index contributed by atoms with van der Waals surface area (Å²) in [5.41, 5.74) is 6.96. The average molecular weight is 252 g/mol. The molecule has 2 rings (SSSR count). The topological polar surface area (TPSA) is 64.9 Å². The minimum atomic E-state index is -0.373. The minimum absolute atomic E-state index is 0.373. The van der Waals surface area contributed by atoms with E-state index < -0.39 is 0 Å². The first kappa shape index (κ1) is 12.1. The molecule has 0 amide bonds. The van der Waals surface area contributed by atoms with Crippen LogP contribution < -0.4 is 5.73 Å². The molecule has 90 valence electrons. The van der Waals surface area contributed by atoms with Gasteiger partial charge < -0.3 is 10.3 Å². The standard InChI is InChI=1S/C12H14ClN3O/c1-2-3-10-15-12(16-17-10)11(14)8-4-6-9(13)7-5-8/h4-7,11H,2-3,14H2,1H3. The first-order chi connectivity index (χ1) is 8.20. The van der Waals surface area contributed by atoms with Crippen LogP contribution in [0.2, 0.25) is 5.02 Å². The molecule has 0 aliphatic carbocycles. The highest BCUT2D eigenvalue weighted by atomic mass is 35.5. The Morgan fingerprint density at radius 2 is 2.06 bits per heavy atom. The molecule has 0 spiro atoms. The number of hydrogen-bond acceptors (Lipinski definition) is 4. The summed E-state index contributed by atoms with van der Waals surface area (Å²) in [6, 6.07) is 6.95. The fourth-order valence-corrected chi connectivity index (χ4v) is 1.65. The SMILES string of the molecule is CCCc1nc(C(N)c2ccc(Cl)cc2)no1. The van der Waals surface area contributed by atoms with E-state index in [9.17, 15) is 0 Å². The lowest BCUT2D eigenvalue weighted by molar-refractivity contribution is 0.370. The number of hydrogen-bond donors (Lipinski definition) is 1. The van der Waals surface area contributed by atoms with Crippen LogP contribution in [0.15, 0.2) is 28.8 Å². The molecular weight excluding hydrogens is 238 g/mol. The van der Waals surface area contributed by atoms with E-state index in [2.05, 4.69) is 17.1 Å². The zero-order chi connectivity index (χ0) is 12.3. The highest BCUT2D eigenvalue weighted by Crippen LogP contribution is 2.19. The predicted molar refractivity (Wildman–Crippen MR) is 65.8 cm³/mol. The first-order valence-corrected chi connectivity index (χ1v) is 5.92. The summed E-state index contributed by atoms with van der Waals surface area (Å²) in [6.07, 6.45) is 1.75. The van der Waals surface area contributed by atoms with E-state index in [-0.39, 0.29) is 6.04 Å². The van der Waals surface area contributed by atoms with Crippen molar-refractivity contribution in [1.82, 2.24) is 10.1 Å². The van der Waals surface area contributed by atoms with Gasteiger partial charge in [0.05, 0.1) is 6.04 Å². The van der Waals surface area contributed by atoms with Crippen LogP contribution in [0.1, 0.15) is 36.7 Å². The Labute approximate surface area is 105 Å². The second kappa shape index (κ2) is 5.29. The highest BCUT2D eigenvalue weighted by molar-refractivity contribution is 6.30. The molecule has 1 heterocycles.